The molecule has 1 amide bonds. The number of amides is 1. The smallest absolute Gasteiger partial charge is 0.323 e. The molecule has 4 nitrogen and oxygen atoms in total. The van der Waals surface area contributed by atoms with E-state index in [0.29, 0.717) is 6.42 Å². The van der Waals surface area contributed by atoms with Crippen molar-refractivity contribution in [3.63, 3.8) is 0 Å². The van der Waals surface area contributed by atoms with E-state index < -0.39 is 24.2 Å². The van der Waals surface area contributed by atoms with E-state index in [2.05, 4.69) is 0 Å². The minimum absolute atomic E-state index is 0.0112. The van der Waals surface area contributed by atoms with Crippen LogP contribution in [0.5, 0.6) is 0 Å². The molecule has 1 N–H and O–H groups in total. The lowest BCUT2D eigenvalue weighted by Crippen LogP contribution is -2.36. The summed E-state index contributed by atoms with van der Waals surface area (Å²) in [7, 11) is 0. The number of hydrogen-bond acceptors (Lipinski definition) is 2. The number of rotatable bonds is 5. The zero-order chi connectivity index (χ0) is 14.6. The van der Waals surface area contributed by atoms with Crippen molar-refractivity contribution in [3.05, 3.63) is 33.6 Å². The average molecular weight is 308 g/mol. The number of carboxylic acids is 1. The summed E-state index contributed by atoms with van der Waals surface area (Å²) < 4.78 is 13.4. The number of benzene rings is 1. The van der Waals surface area contributed by atoms with Crippen LogP contribution in [-0.2, 0) is 4.79 Å². The number of carbonyl (C=O) groups is 2. The van der Waals surface area contributed by atoms with E-state index in [1.165, 1.54) is 0 Å². The Kier molecular flexibility index (Phi) is 5.57. The highest BCUT2D eigenvalue weighted by atomic mass is 35.5. The van der Waals surface area contributed by atoms with Crippen LogP contribution in [0.25, 0.3) is 0 Å². The summed E-state index contributed by atoms with van der Waals surface area (Å²) in [4.78, 5) is 23.9. The van der Waals surface area contributed by atoms with E-state index in [4.69, 9.17) is 28.3 Å². The number of aliphatic carboxylic acids is 1. The standard InChI is InChI=1S/C12H12Cl2FNO3/c1-2-3-16(6-11(17)18)12(19)7-4-10(15)9(14)5-8(7)13/h4-5H,2-3,6H2,1H3,(H,17,18). The van der Waals surface area contributed by atoms with Gasteiger partial charge in [0.05, 0.1) is 15.6 Å². The van der Waals surface area contributed by atoms with Gasteiger partial charge in [-0.15, -0.1) is 0 Å². The Morgan fingerprint density at radius 3 is 2.47 bits per heavy atom. The number of hydrogen-bond donors (Lipinski definition) is 1. The summed E-state index contributed by atoms with van der Waals surface area (Å²) in [6.07, 6.45) is 0.576. The monoisotopic (exact) mass is 307 g/mol. The van der Waals surface area contributed by atoms with Crippen molar-refractivity contribution in [2.45, 2.75) is 13.3 Å². The second kappa shape index (κ2) is 6.73. The summed E-state index contributed by atoms with van der Waals surface area (Å²) in [5.74, 6) is -2.56. The summed E-state index contributed by atoms with van der Waals surface area (Å²) in [5.41, 5.74) is -0.0988. The summed E-state index contributed by atoms with van der Waals surface area (Å²) in [5, 5.41) is 8.55. The molecule has 1 aromatic carbocycles. The second-order valence-electron chi connectivity index (χ2n) is 3.87. The van der Waals surface area contributed by atoms with E-state index in [0.717, 1.165) is 17.0 Å². The second-order valence-corrected chi connectivity index (χ2v) is 4.68. The molecule has 0 unspecified atom stereocenters. The maximum atomic E-state index is 13.4. The van der Waals surface area contributed by atoms with Crippen LogP contribution >= 0.6 is 23.2 Å². The van der Waals surface area contributed by atoms with Crippen LogP contribution in [0.2, 0.25) is 10.0 Å². The molecule has 1 rings (SSSR count). The number of halogens is 3. The normalized spacial score (nSPS) is 10.3. The first-order valence-corrected chi connectivity index (χ1v) is 6.28. The van der Waals surface area contributed by atoms with Gasteiger partial charge >= 0.3 is 5.97 Å². The Hall–Kier alpha value is -1.33. The first-order valence-electron chi connectivity index (χ1n) is 5.52. The van der Waals surface area contributed by atoms with Gasteiger partial charge < -0.3 is 10.0 Å². The third-order valence-corrected chi connectivity index (χ3v) is 2.95. The van der Waals surface area contributed by atoms with Crippen molar-refractivity contribution in [2.24, 2.45) is 0 Å². The molecule has 0 spiro atoms. The molecule has 0 aliphatic rings. The Morgan fingerprint density at radius 2 is 1.95 bits per heavy atom. The SMILES string of the molecule is CCCN(CC(=O)O)C(=O)c1cc(F)c(Cl)cc1Cl. The molecule has 0 atom stereocenters. The fourth-order valence-electron chi connectivity index (χ4n) is 1.54. The minimum atomic E-state index is -1.15. The van der Waals surface area contributed by atoms with Gasteiger partial charge in [-0.25, -0.2) is 4.39 Å². The zero-order valence-corrected chi connectivity index (χ0v) is 11.6. The van der Waals surface area contributed by atoms with Crippen molar-refractivity contribution >= 4 is 35.1 Å². The van der Waals surface area contributed by atoms with Crippen molar-refractivity contribution in [3.8, 4) is 0 Å². The molecule has 1 aromatic rings. The first kappa shape index (κ1) is 15.7. The first-order chi connectivity index (χ1) is 8.86. The van der Waals surface area contributed by atoms with Crippen molar-refractivity contribution in [1.82, 2.24) is 4.90 Å². The lowest BCUT2D eigenvalue weighted by Gasteiger charge is -2.20. The van der Waals surface area contributed by atoms with E-state index in [1.807, 2.05) is 0 Å². The van der Waals surface area contributed by atoms with Gasteiger partial charge in [-0.2, -0.15) is 0 Å². The maximum Gasteiger partial charge on any atom is 0.323 e. The van der Waals surface area contributed by atoms with Gasteiger partial charge in [0.25, 0.3) is 5.91 Å². The van der Waals surface area contributed by atoms with Gasteiger partial charge in [-0.05, 0) is 18.6 Å². The molecule has 0 bridgehead atoms. The van der Waals surface area contributed by atoms with E-state index in [1.54, 1.807) is 6.92 Å². The molecule has 0 aromatic heterocycles. The largest absolute Gasteiger partial charge is 0.480 e. The van der Waals surface area contributed by atoms with Crippen LogP contribution in [0.1, 0.15) is 23.7 Å². The molecular formula is C12H12Cl2FNO3. The quantitative estimate of drug-likeness (QED) is 0.851. The van der Waals surface area contributed by atoms with Crippen LogP contribution < -0.4 is 0 Å². The number of nitrogens with zero attached hydrogens (tertiary/aromatic N) is 1. The summed E-state index contributed by atoms with van der Waals surface area (Å²) in [6, 6.07) is 2.04. The van der Waals surface area contributed by atoms with Gasteiger partial charge in [-0.3, -0.25) is 9.59 Å². The molecule has 0 heterocycles. The number of carbonyl (C=O) groups excluding carboxylic acids is 1. The van der Waals surface area contributed by atoms with Crippen molar-refractivity contribution in [2.75, 3.05) is 13.1 Å². The Labute approximate surface area is 119 Å². The molecule has 0 saturated heterocycles. The van der Waals surface area contributed by atoms with Crippen LogP contribution in [0.3, 0.4) is 0 Å². The van der Waals surface area contributed by atoms with Crippen LogP contribution in [0, 0.1) is 5.82 Å². The predicted molar refractivity (Wildman–Crippen MR) is 70.3 cm³/mol. The Morgan fingerprint density at radius 1 is 1.32 bits per heavy atom. The van der Waals surface area contributed by atoms with Gasteiger partial charge in [0, 0.05) is 6.54 Å². The topological polar surface area (TPSA) is 57.6 Å². The minimum Gasteiger partial charge on any atom is -0.480 e. The summed E-state index contributed by atoms with van der Waals surface area (Å²) >= 11 is 11.4. The molecule has 0 aliphatic heterocycles. The molecule has 104 valence electrons. The van der Waals surface area contributed by atoms with Gasteiger partial charge in [0.1, 0.15) is 12.4 Å². The molecule has 0 aliphatic carbocycles. The highest BCUT2D eigenvalue weighted by Gasteiger charge is 2.21. The predicted octanol–water partition coefficient (Wildman–Crippen LogP) is 3.07. The van der Waals surface area contributed by atoms with Crippen molar-refractivity contribution in [1.29, 1.82) is 0 Å². The van der Waals surface area contributed by atoms with Gasteiger partial charge in [-0.1, -0.05) is 30.1 Å². The zero-order valence-electron chi connectivity index (χ0n) is 10.1. The third kappa shape index (κ3) is 4.08. The van der Waals surface area contributed by atoms with Crippen molar-refractivity contribution < 1.29 is 19.1 Å². The lowest BCUT2D eigenvalue weighted by atomic mass is 10.2. The maximum absolute atomic E-state index is 13.4. The molecular weight excluding hydrogens is 296 g/mol. The van der Waals surface area contributed by atoms with Gasteiger partial charge in [0.15, 0.2) is 0 Å². The van der Waals surface area contributed by atoms with Crippen LogP contribution in [0.4, 0.5) is 4.39 Å². The van der Waals surface area contributed by atoms with E-state index >= 15 is 0 Å². The molecule has 7 heteroatoms. The molecule has 0 radical (unpaired) electrons. The van der Waals surface area contributed by atoms with E-state index in [9.17, 15) is 14.0 Å². The molecule has 0 saturated carbocycles. The number of carboxylic acid groups (broad SMARTS) is 1. The van der Waals surface area contributed by atoms with E-state index in [-0.39, 0.29) is 22.2 Å². The Bertz CT molecular complexity index is 508. The highest BCUT2D eigenvalue weighted by molar-refractivity contribution is 6.36. The highest BCUT2D eigenvalue weighted by Crippen LogP contribution is 2.25. The average Bonchev–Trinajstić information content (AvgIpc) is 2.32. The third-order valence-electron chi connectivity index (χ3n) is 2.35. The molecule has 0 fully saturated rings. The van der Waals surface area contributed by atoms with Crippen LogP contribution in [0.15, 0.2) is 12.1 Å². The van der Waals surface area contributed by atoms with Gasteiger partial charge in [0.2, 0.25) is 0 Å². The fourth-order valence-corrected chi connectivity index (χ4v) is 2.01. The Balaban J connectivity index is 3.08. The lowest BCUT2D eigenvalue weighted by molar-refractivity contribution is -0.137. The van der Waals surface area contributed by atoms with Crippen LogP contribution in [-0.4, -0.2) is 35.0 Å². The molecule has 19 heavy (non-hydrogen) atoms. The summed E-state index contributed by atoms with van der Waals surface area (Å²) in [6.45, 7) is 1.57. The fraction of sp³-hybridized carbons (Fsp3) is 0.333.